The molecule has 3 fully saturated rings. The third-order valence-electron chi connectivity index (χ3n) is 7.04. The largest absolute Gasteiger partial charge is 0.381 e. The number of nitrogens with one attached hydrogen (secondary N) is 1. The monoisotopic (exact) mass is 326 g/mol. The third kappa shape index (κ3) is 2.19. The van der Waals surface area contributed by atoms with Crippen LogP contribution >= 0.6 is 0 Å². The van der Waals surface area contributed by atoms with Gasteiger partial charge in [-0.15, -0.1) is 0 Å². The van der Waals surface area contributed by atoms with Gasteiger partial charge in [-0.1, -0.05) is 24.3 Å². The zero-order chi connectivity index (χ0) is 16.2. The van der Waals surface area contributed by atoms with E-state index in [1.807, 2.05) is 4.90 Å². The summed E-state index contributed by atoms with van der Waals surface area (Å²) in [7, 11) is 0. The molecule has 2 amide bonds. The Kier molecular flexibility index (Phi) is 3.21. The summed E-state index contributed by atoms with van der Waals surface area (Å²) in [6.07, 6.45) is 5.91. The summed E-state index contributed by atoms with van der Waals surface area (Å²) in [5.41, 5.74) is 3.69. The summed E-state index contributed by atoms with van der Waals surface area (Å²) in [5, 5.41) is 3.22. The molecular formula is C20H26N2O2. The molecule has 2 heterocycles. The number of carbonyl (C=O) groups is 1. The van der Waals surface area contributed by atoms with Crippen LogP contribution in [0.3, 0.4) is 0 Å². The van der Waals surface area contributed by atoms with Crippen LogP contribution < -0.4 is 5.32 Å². The molecule has 5 rings (SSSR count). The Morgan fingerprint density at radius 2 is 2.21 bits per heavy atom. The SMILES string of the molecule is O=C(NC[C@@H]1C[C@@]12CCc1ccccc12)N1CC[C@@]2(CCOC2)C1. The van der Waals surface area contributed by atoms with E-state index in [2.05, 4.69) is 29.6 Å². The smallest absolute Gasteiger partial charge is 0.317 e. The van der Waals surface area contributed by atoms with Gasteiger partial charge in [0.15, 0.2) is 0 Å². The van der Waals surface area contributed by atoms with Gasteiger partial charge in [-0.2, -0.15) is 0 Å². The average molecular weight is 326 g/mol. The number of ether oxygens (including phenoxy) is 1. The normalized spacial score (nSPS) is 36.5. The minimum atomic E-state index is 0.132. The predicted molar refractivity (Wildman–Crippen MR) is 92.0 cm³/mol. The van der Waals surface area contributed by atoms with Gasteiger partial charge in [-0.25, -0.2) is 4.79 Å². The molecule has 24 heavy (non-hydrogen) atoms. The second-order valence-corrected chi connectivity index (χ2v) is 8.37. The number of hydrogen-bond donors (Lipinski definition) is 1. The lowest BCUT2D eigenvalue weighted by molar-refractivity contribution is 0.152. The van der Waals surface area contributed by atoms with Gasteiger partial charge < -0.3 is 15.0 Å². The molecule has 0 unspecified atom stereocenters. The van der Waals surface area contributed by atoms with Crippen LogP contribution in [0, 0.1) is 11.3 Å². The zero-order valence-corrected chi connectivity index (χ0v) is 14.2. The second-order valence-electron chi connectivity index (χ2n) is 8.37. The maximum atomic E-state index is 12.5. The van der Waals surface area contributed by atoms with Crippen LogP contribution in [0.2, 0.25) is 0 Å². The lowest BCUT2D eigenvalue weighted by Crippen LogP contribution is -2.41. The molecule has 1 aromatic carbocycles. The van der Waals surface area contributed by atoms with Crippen LogP contribution in [0.4, 0.5) is 4.79 Å². The number of benzene rings is 1. The van der Waals surface area contributed by atoms with E-state index in [0.717, 1.165) is 45.7 Å². The molecule has 128 valence electrons. The average Bonchev–Trinajstić information content (AvgIpc) is 2.98. The van der Waals surface area contributed by atoms with E-state index in [0.29, 0.717) is 11.3 Å². The quantitative estimate of drug-likeness (QED) is 0.908. The second kappa shape index (κ2) is 5.22. The Labute approximate surface area is 143 Å². The van der Waals surface area contributed by atoms with E-state index in [1.54, 1.807) is 5.56 Å². The fraction of sp³-hybridized carbons (Fsp3) is 0.650. The minimum Gasteiger partial charge on any atom is -0.381 e. The molecule has 2 saturated heterocycles. The number of rotatable bonds is 2. The van der Waals surface area contributed by atoms with Gasteiger partial charge in [0.05, 0.1) is 6.61 Å². The number of fused-ring (bicyclic) bond motifs is 2. The van der Waals surface area contributed by atoms with Crippen molar-refractivity contribution in [2.24, 2.45) is 11.3 Å². The minimum absolute atomic E-state index is 0.132. The van der Waals surface area contributed by atoms with Crippen LogP contribution in [0.5, 0.6) is 0 Å². The molecule has 0 radical (unpaired) electrons. The number of nitrogens with zero attached hydrogens (tertiary/aromatic N) is 1. The van der Waals surface area contributed by atoms with Crippen LogP contribution in [0.1, 0.15) is 36.8 Å². The Hall–Kier alpha value is -1.55. The van der Waals surface area contributed by atoms with Gasteiger partial charge in [0.1, 0.15) is 0 Å². The van der Waals surface area contributed by atoms with Crippen LogP contribution in [0.25, 0.3) is 0 Å². The van der Waals surface area contributed by atoms with E-state index in [4.69, 9.17) is 4.74 Å². The lowest BCUT2D eigenvalue weighted by atomic mass is 9.87. The Bertz CT molecular complexity index is 667. The maximum absolute atomic E-state index is 12.5. The van der Waals surface area contributed by atoms with Crippen molar-refractivity contribution in [2.75, 3.05) is 32.8 Å². The molecule has 2 aliphatic heterocycles. The van der Waals surface area contributed by atoms with Gasteiger partial charge in [-0.05, 0) is 49.1 Å². The van der Waals surface area contributed by atoms with Crippen molar-refractivity contribution in [1.82, 2.24) is 10.2 Å². The molecule has 0 aromatic heterocycles. The molecule has 1 saturated carbocycles. The Morgan fingerprint density at radius 3 is 3.08 bits per heavy atom. The highest BCUT2D eigenvalue weighted by Crippen LogP contribution is 2.61. The summed E-state index contributed by atoms with van der Waals surface area (Å²) in [6.45, 7) is 4.28. The van der Waals surface area contributed by atoms with Gasteiger partial charge in [0.2, 0.25) is 0 Å². The standard InChI is InChI=1S/C20H26N2O2/c23-18(22-9-7-19(13-22)8-10-24-14-19)21-12-16-11-20(16)6-5-15-3-1-2-4-17(15)20/h1-4,16H,5-14H2,(H,21,23)/t16-,19+,20-/m0/s1. The van der Waals surface area contributed by atoms with Crippen LogP contribution in [0.15, 0.2) is 24.3 Å². The first kappa shape index (κ1) is 14.8. The predicted octanol–water partition coefficient (Wildman–Crippen LogP) is 2.71. The molecular weight excluding hydrogens is 300 g/mol. The van der Waals surface area contributed by atoms with Crippen molar-refractivity contribution in [1.29, 1.82) is 0 Å². The van der Waals surface area contributed by atoms with Crippen molar-refractivity contribution in [3.8, 4) is 0 Å². The highest BCUT2D eigenvalue weighted by molar-refractivity contribution is 5.74. The van der Waals surface area contributed by atoms with Crippen molar-refractivity contribution in [3.05, 3.63) is 35.4 Å². The summed E-state index contributed by atoms with van der Waals surface area (Å²) < 4.78 is 5.56. The molecule has 2 spiro atoms. The van der Waals surface area contributed by atoms with Crippen molar-refractivity contribution in [2.45, 2.75) is 37.5 Å². The van der Waals surface area contributed by atoms with Crippen molar-refractivity contribution >= 4 is 6.03 Å². The number of likely N-dealkylation sites (tertiary alicyclic amines) is 1. The topological polar surface area (TPSA) is 41.6 Å². The van der Waals surface area contributed by atoms with Gasteiger partial charge in [0.25, 0.3) is 0 Å². The van der Waals surface area contributed by atoms with E-state index < -0.39 is 0 Å². The Morgan fingerprint density at radius 1 is 1.29 bits per heavy atom. The summed E-state index contributed by atoms with van der Waals surface area (Å²) >= 11 is 0. The molecule has 4 nitrogen and oxygen atoms in total. The summed E-state index contributed by atoms with van der Waals surface area (Å²) in [4.78, 5) is 14.5. The first-order chi connectivity index (χ1) is 11.7. The van der Waals surface area contributed by atoms with E-state index >= 15 is 0 Å². The number of hydrogen-bond acceptors (Lipinski definition) is 2. The van der Waals surface area contributed by atoms with Gasteiger partial charge in [-0.3, -0.25) is 0 Å². The van der Waals surface area contributed by atoms with Crippen LogP contribution in [-0.2, 0) is 16.6 Å². The van der Waals surface area contributed by atoms with E-state index in [-0.39, 0.29) is 11.4 Å². The van der Waals surface area contributed by atoms with Crippen molar-refractivity contribution < 1.29 is 9.53 Å². The summed E-state index contributed by atoms with van der Waals surface area (Å²) in [6, 6.07) is 9.01. The molecule has 1 N–H and O–H groups in total. The van der Waals surface area contributed by atoms with E-state index in [9.17, 15) is 4.79 Å². The fourth-order valence-corrected chi connectivity index (χ4v) is 5.40. The Balaban J connectivity index is 1.18. The molecule has 4 aliphatic rings. The number of aryl methyl sites for hydroxylation is 1. The lowest BCUT2D eigenvalue weighted by Gasteiger charge is -2.22. The molecule has 2 aliphatic carbocycles. The molecule has 1 aromatic rings. The van der Waals surface area contributed by atoms with Gasteiger partial charge >= 0.3 is 6.03 Å². The van der Waals surface area contributed by atoms with Crippen molar-refractivity contribution in [3.63, 3.8) is 0 Å². The highest BCUT2D eigenvalue weighted by Gasteiger charge is 2.57. The fourth-order valence-electron chi connectivity index (χ4n) is 5.40. The zero-order valence-electron chi connectivity index (χ0n) is 14.2. The summed E-state index contributed by atoms with van der Waals surface area (Å²) in [5.74, 6) is 0.622. The molecule has 0 bridgehead atoms. The number of amides is 2. The maximum Gasteiger partial charge on any atom is 0.317 e. The van der Waals surface area contributed by atoms with E-state index in [1.165, 1.54) is 24.8 Å². The number of carbonyl (C=O) groups excluding carboxylic acids is 1. The molecule has 4 heteroatoms. The first-order valence-electron chi connectivity index (χ1n) is 9.40. The molecule has 3 atom stereocenters. The first-order valence-corrected chi connectivity index (χ1v) is 9.40. The van der Waals surface area contributed by atoms with Gasteiger partial charge in [0, 0.05) is 37.1 Å². The third-order valence-corrected chi connectivity index (χ3v) is 7.04. The highest BCUT2D eigenvalue weighted by atomic mass is 16.5. The number of urea groups is 1. The van der Waals surface area contributed by atoms with Crippen LogP contribution in [-0.4, -0.2) is 43.8 Å².